The molecule has 0 bridgehead atoms. The second kappa shape index (κ2) is 9.73. The van der Waals surface area contributed by atoms with E-state index >= 15 is 0 Å². The van der Waals surface area contributed by atoms with Crippen molar-refractivity contribution in [3.63, 3.8) is 0 Å². The molecule has 2 fully saturated rings. The van der Waals surface area contributed by atoms with E-state index in [4.69, 9.17) is 23.7 Å². The molecule has 4 N–H and O–H groups in total. The highest BCUT2D eigenvalue weighted by Crippen LogP contribution is 2.29. The maximum absolute atomic E-state index is 11.5. The van der Waals surface area contributed by atoms with Crippen LogP contribution in [-0.2, 0) is 33.3 Å². The molecule has 27 heavy (non-hydrogen) atoms. The summed E-state index contributed by atoms with van der Waals surface area (Å²) < 4.78 is 26.7. The van der Waals surface area contributed by atoms with Gasteiger partial charge in [0.25, 0.3) is 6.47 Å². The van der Waals surface area contributed by atoms with Crippen molar-refractivity contribution in [2.24, 2.45) is 0 Å². The molecule has 0 saturated carbocycles. The van der Waals surface area contributed by atoms with E-state index in [1.165, 1.54) is 14.0 Å². The van der Waals surface area contributed by atoms with Gasteiger partial charge in [-0.2, -0.15) is 0 Å². The number of aliphatic hydroxyl groups excluding tert-OH is 3. The van der Waals surface area contributed by atoms with E-state index < -0.39 is 55.2 Å². The van der Waals surface area contributed by atoms with Crippen LogP contribution in [-0.4, -0.2) is 96.7 Å². The van der Waals surface area contributed by atoms with Gasteiger partial charge in [0.05, 0.1) is 31.0 Å². The van der Waals surface area contributed by atoms with Crippen LogP contribution in [0.25, 0.3) is 0 Å². The number of methoxy groups -OCH3 is 1. The Morgan fingerprint density at radius 2 is 1.96 bits per heavy atom. The number of nitrogens with one attached hydrogen (secondary N) is 1. The molecule has 2 aliphatic heterocycles. The van der Waals surface area contributed by atoms with Crippen LogP contribution in [0.2, 0.25) is 0 Å². The Hall–Kier alpha value is -1.34. The number of carbonyl (C=O) groups is 2. The first-order chi connectivity index (χ1) is 12.8. The van der Waals surface area contributed by atoms with Crippen LogP contribution >= 0.6 is 0 Å². The zero-order valence-electron chi connectivity index (χ0n) is 15.4. The number of aliphatic hydroxyl groups is 3. The normalized spacial score (nSPS) is 42.4. The summed E-state index contributed by atoms with van der Waals surface area (Å²) in [5.74, 6) is -0.307. The van der Waals surface area contributed by atoms with Crippen molar-refractivity contribution in [2.75, 3.05) is 13.7 Å². The number of hydrogen-bond acceptors (Lipinski definition) is 10. The first-order valence-electron chi connectivity index (χ1n) is 8.64. The third-order valence-corrected chi connectivity index (χ3v) is 4.65. The highest BCUT2D eigenvalue weighted by atomic mass is 16.8. The smallest absolute Gasteiger partial charge is 0.295 e. The third kappa shape index (κ3) is 5.13. The zero-order valence-corrected chi connectivity index (χ0v) is 15.4. The average molecular weight is 393 g/mol. The fourth-order valence-electron chi connectivity index (χ4n) is 3.36. The van der Waals surface area contributed by atoms with Gasteiger partial charge < -0.3 is 44.3 Å². The van der Waals surface area contributed by atoms with Crippen LogP contribution in [0.5, 0.6) is 0 Å². The van der Waals surface area contributed by atoms with Gasteiger partial charge in [-0.1, -0.05) is 0 Å². The van der Waals surface area contributed by atoms with Crippen LogP contribution in [0.4, 0.5) is 0 Å². The Bertz CT molecular complexity index is 506. The Morgan fingerprint density at radius 3 is 2.52 bits per heavy atom. The molecule has 0 aliphatic carbocycles. The summed E-state index contributed by atoms with van der Waals surface area (Å²) >= 11 is 0. The van der Waals surface area contributed by atoms with E-state index in [1.807, 2.05) is 0 Å². The van der Waals surface area contributed by atoms with Crippen molar-refractivity contribution in [3.8, 4) is 0 Å². The van der Waals surface area contributed by atoms with E-state index in [9.17, 15) is 24.9 Å². The van der Waals surface area contributed by atoms with Gasteiger partial charge in [0.2, 0.25) is 12.2 Å². The molecule has 0 aromatic carbocycles. The summed E-state index contributed by atoms with van der Waals surface area (Å²) in [5, 5.41) is 32.7. The van der Waals surface area contributed by atoms with Crippen molar-refractivity contribution in [1.29, 1.82) is 0 Å². The molecule has 11 heteroatoms. The van der Waals surface area contributed by atoms with Gasteiger partial charge in [-0.05, 0) is 6.92 Å². The molecule has 0 aromatic heterocycles. The van der Waals surface area contributed by atoms with E-state index in [0.29, 0.717) is 0 Å². The van der Waals surface area contributed by atoms with Crippen LogP contribution in [0, 0.1) is 0 Å². The molecule has 0 spiro atoms. The first-order valence-corrected chi connectivity index (χ1v) is 8.64. The second-order valence-electron chi connectivity index (χ2n) is 6.57. The van der Waals surface area contributed by atoms with Gasteiger partial charge in [0, 0.05) is 20.5 Å². The molecule has 2 aliphatic rings. The number of hydrogen-bond donors (Lipinski definition) is 4. The van der Waals surface area contributed by atoms with Crippen LogP contribution < -0.4 is 5.32 Å². The zero-order chi connectivity index (χ0) is 20.1. The Labute approximate surface area is 156 Å². The lowest BCUT2D eigenvalue weighted by Gasteiger charge is -2.45. The largest absolute Gasteiger partial charge is 0.435 e. The van der Waals surface area contributed by atoms with Gasteiger partial charge in [0.1, 0.15) is 18.3 Å². The summed E-state index contributed by atoms with van der Waals surface area (Å²) in [6.07, 6.45) is -8.19. The van der Waals surface area contributed by atoms with Crippen molar-refractivity contribution in [1.82, 2.24) is 5.32 Å². The molecule has 1 amide bonds. The monoisotopic (exact) mass is 393 g/mol. The van der Waals surface area contributed by atoms with Crippen molar-refractivity contribution < 1.29 is 48.6 Å². The Kier molecular flexibility index (Phi) is 7.91. The van der Waals surface area contributed by atoms with Gasteiger partial charge in [-0.3, -0.25) is 9.59 Å². The minimum Gasteiger partial charge on any atom is -0.435 e. The SMILES string of the molecule is CO[C@@H]1C(OC=O)O[C@@H](OC2CC(CO)O[C@@H](C)[C@H]2NC(C)=O)[C@@H](O)C1O. The molecular formula is C16H27NO10. The number of rotatable bonds is 7. The maximum Gasteiger partial charge on any atom is 0.295 e. The fourth-order valence-corrected chi connectivity index (χ4v) is 3.36. The molecule has 9 atom stereocenters. The summed E-state index contributed by atoms with van der Waals surface area (Å²) in [7, 11) is 1.27. The van der Waals surface area contributed by atoms with Crippen molar-refractivity contribution in [2.45, 2.75) is 75.5 Å². The second-order valence-corrected chi connectivity index (χ2v) is 6.57. The maximum atomic E-state index is 11.5. The minimum absolute atomic E-state index is 0.136. The molecule has 156 valence electrons. The van der Waals surface area contributed by atoms with Crippen molar-refractivity contribution >= 4 is 12.4 Å². The fraction of sp³-hybridized carbons (Fsp3) is 0.875. The van der Waals surface area contributed by atoms with Gasteiger partial charge in [-0.25, -0.2) is 0 Å². The minimum atomic E-state index is -1.50. The van der Waals surface area contributed by atoms with Gasteiger partial charge in [-0.15, -0.1) is 0 Å². The lowest BCUT2D eigenvalue weighted by Crippen LogP contribution is -2.63. The molecule has 11 nitrogen and oxygen atoms in total. The van der Waals surface area contributed by atoms with E-state index in [-0.39, 0.29) is 25.4 Å². The number of carbonyl (C=O) groups excluding carboxylic acids is 2. The predicted octanol–water partition coefficient (Wildman–Crippen LogP) is -2.36. The summed E-state index contributed by atoms with van der Waals surface area (Å²) in [6.45, 7) is 2.94. The van der Waals surface area contributed by atoms with Gasteiger partial charge in [0.15, 0.2) is 6.29 Å². The molecule has 2 heterocycles. The molecule has 2 rings (SSSR count). The van der Waals surface area contributed by atoms with E-state index in [2.05, 4.69) is 5.32 Å². The topological polar surface area (TPSA) is 153 Å². The third-order valence-electron chi connectivity index (χ3n) is 4.65. The van der Waals surface area contributed by atoms with E-state index in [0.717, 1.165) is 0 Å². The quantitative estimate of drug-likeness (QED) is 0.345. The predicted molar refractivity (Wildman–Crippen MR) is 87.1 cm³/mol. The summed E-state index contributed by atoms with van der Waals surface area (Å²) in [5.41, 5.74) is 0. The summed E-state index contributed by atoms with van der Waals surface area (Å²) in [4.78, 5) is 22.2. The molecular weight excluding hydrogens is 366 g/mol. The van der Waals surface area contributed by atoms with Gasteiger partial charge >= 0.3 is 0 Å². The molecule has 0 radical (unpaired) electrons. The lowest BCUT2D eigenvalue weighted by molar-refractivity contribution is -0.355. The summed E-state index contributed by atoms with van der Waals surface area (Å²) in [6, 6.07) is -0.580. The average Bonchev–Trinajstić information content (AvgIpc) is 2.62. The van der Waals surface area contributed by atoms with E-state index in [1.54, 1.807) is 6.92 Å². The molecule has 4 unspecified atom stereocenters. The Balaban J connectivity index is 2.16. The highest BCUT2D eigenvalue weighted by molar-refractivity contribution is 5.73. The number of amides is 1. The molecule has 0 aromatic rings. The highest BCUT2D eigenvalue weighted by Gasteiger charge is 2.49. The van der Waals surface area contributed by atoms with Crippen LogP contribution in [0.15, 0.2) is 0 Å². The van der Waals surface area contributed by atoms with Crippen molar-refractivity contribution in [3.05, 3.63) is 0 Å². The standard InChI is InChI=1S/C16H27NO10/c1-7-11(17-8(2)20)10(4-9(5-18)25-7)26-15-13(22)12(21)14(23-3)16(27-15)24-6-19/h6-7,9-16,18,21-22H,4-5H2,1-3H3,(H,17,20)/t7-,9?,10?,11+,12?,13-,14-,15+,16?/m0/s1. The lowest BCUT2D eigenvalue weighted by atomic mass is 9.95. The van der Waals surface area contributed by atoms with Crippen LogP contribution in [0.1, 0.15) is 20.3 Å². The van der Waals surface area contributed by atoms with Crippen LogP contribution in [0.3, 0.4) is 0 Å². The first kappa shape index (κ1) is 22.0. The number of ether oxygens (including phenoxy) is 5. The Morgan fingerprint density at radius 1 is 1.26 bits per heavy atom. The molecule has 2 saturated heterocycles.